The molecule has 0 spiro atoms. The van der Waals surface area contributed by atoms with Gasteiger partial charge in [0.05, 0.1) is 6.20 Å². The van der Waals surface area contributed by atoms with Gasteiger partial charge in [-0.2, -0.15) is 5.10 Å². The molecule has 1 aromatic rings. The first-order valence-electron chi connectivity index (χ1n) is 6.49. The molecular formula is C12H24N4O2S. The van der Waals surface area contributed by atoms with Gasteiger partial charge in [-0.25, -0.2) is 13.1 Å². The van der Waals surface area contributed by atoms with E-state index in [-0.39, 0.29) is 10.4 Å². The van der Waals surface area contributed by atoms with E-state index in [0.29, 0.717) is 18.7 Å². The molecule has 0 bridgehead atoms. The van der Waals surface area contributed by atoms with Crippen LogP contribution < -0.4 is 10.0 Å². The molecule has 0 amide bonds. The molecule has 1 heterocycles. The molecule has 0 radical (unpaired) electrons. The maximum Gasteiger partial charge on any atom is 0.257 e. The molecule has 1 rings (SSSR count). The molecule has 0 unspecified atom stereocenters. The summed E-state index contributed by atoms with van der Waals surface area (Å²) in [5.41, 5.74) is 0.758. The van der Waals surface area contributed by atoms with E-state index in [0.717, 1.165) is 13.0 Å². The Bertz CT molecular complexity index is 488. The van der Waals surface area contributed by atoms with Crippen LogP contribution in [0.1, 0.15) is 39.7 Å². The fourth-order valence-corrected chi connectivity index (χ4v) is 2.71. The number of rotatable bonds is 7. The zero-order chi connectivity index (χ0) is 14.5. The van der Waals surface area contributed by atoms with Gasteiger partial charge in [-0.15, -0.1) is 0 Å². The van der Waals surface area contributed by atoms with Crippen molar-refractivity contribution >= 4 is 10.0 Å². The van der Waals surface area contributed by atoms with Gasteiger partial charge in [-0.3, -0.25) is 5.10 Å². The molecule has 0 aliphatic carbocycles. The third kappa shape index (κ3) is 5.30. The van der Waals surface area contributed by atoms with Crippen molar-refractivity contribution in [2.45, 2.75) is 45.7 Å². The number of sulfonamides is 1. The standard InChI is InChI=1S/C12H24N4O2S/c1-5-13-8-10-9-14-16-11(10)19(17,18)15-7-6-12(2,3)4/h9,13,15H,5-8H2,1-4H3,(H,14,16). The molecule has 0 fully saturated rings. The summed E-state index contributed by atoms with van der Waals surface area (Å²) in [5, 5.41) is 9.62. The van der Waals surface area contributed by atoms with Gasteiger partial charge >= 0.3 is 0 Å². The topological polar surface area (TPSA) is 86.9 Å². The number of nitrogens with one attached hydrogen (secondary N) is 3. The lowest BCUT2D eigenvalue weighted by Gasteiger charge is -2.18. The molecule has 6 nitrogen and oxygen atoms in total. The molecule has 7 heteroatoms. The van der Waals surface area contributed by atoms with Crippen molar-refractivity contribution in [1.29, 1.82) is 0 Å². The Morgan fingerprint density at radius 3 is 2.63 bits per heavy atom. The summed E-state index contributed by atoms with van der Waals surface area (Å²) in [6.45, 7) is 9.89. The summed E-state index contributed by atoms with van der Waals surface area (Å²) < 4.78 is 26.9. The fraction of sp³-hybridized carbons (Fsp3) is 0.750. The van der Waals surface area contributed by atoms with Crippen LogP contribution in [-0.2, 0) is 16.6 Å². The third-order valence-corrected chi connectivity index (χ3v) is 4.15. The summed E-state index contributed by atoms with van der Waals surface area (Å²) in [5.74, 6) is 0. The highest BCUT2D eigenvalue weighted by molar-refractivity contribution is 7.89. The lowest BCUT2D eigenvalue weighted by atomic mass is 9.93. The number of H-pyrrole nitrogens is 1. The highest BCUT2D eigenvalue weighted by Crippen LogP contribution is 2.18. The predicted octanol–water partition coefficient (Wildman–Crippen LogP) is 1.23. The zero-order valence-electron chi connectivity index (χ0n) is 12.1. The van der Waals surface area contributed by atoms with Crippen LogP contribution in [0.25, 0.3) is 0 Å². The second-order valence-corrected chi connectivity index (χ2v) is 7.42. The van der Waals surface area contributed by atoms with Crippen LogP contribution >= 0.6 is 0 Å². The molecule has 0 saturated heterocycles. The number of aromatic amines is 1. The molecule has 3 N–H and O–H groups in total. The van der Waals surface area contributed by atoms with E-state index in [4.69, 9.17) is 0 Å². The first-order chi connectivity index (χ1) is 8.76. The van der Waals surface area contributed by atoms with Gasteiger partial charge in [-0.05, 0) is 18.4 Å². The van der Waals surface area contributed by atoms with Gasteiger partial charge < -0.3 is 5.32 Å². The fourth-order valence-electron chi connectivity index (χ4n) is 1.55. The van der Waals surface area contributed by atoms with Crippen LogP contribution in [0, 0.1) is 5.41 Å². The Kier molecular flexibility index (Phi) is 5.51. The number of nitrogens with zero attached hydrogens (tertiary/aromatic N) is 1. The van der Waals surface area contributed by atoms with Crippen molar-refractivity contribution in [3.8, 4) is 0 Å². The molecule has 110 valence electrons. The van der Waals surface area contributed by atoms with E-state index in [9.17, 15) is 8.42 Å². The van der Waals surface area contributed by atoms with Gasteiger partial charge in [0.2, 0.25) is 0 Å². The number of hydrogen-bond donors (Lipinski definition) is 3. The molecule has 19 heavy (non-hydrogen) atoms. The second kappa shape index (κ2) is 6.49. The molecule has 1 aromatic heterocycles. The van der Waals surface area contributed by atoms with Crippen molar-refractivity contribution in [3.63, 3.8) is 0 Å². The lowest BCUT2D eigenvalue weighted by molar-refractivity contribution is 0.378. The number of aromatic nitrogens is 2. The average Bonchev–Trinajstić information content (AvgIpc) is 2.72. The molecule has 0 aliphatic rings. The van der Waals surface area contributed by atoms with Crippen LogP contribution in [0.2, 0.25) is 0 Å². The van der Waals surface area contributed by atoms with Crippen LogP contribution in [-0.4, -0.2) is 31.7 Å². The molecule has 0 aliphatic heterocycles. The van der Waals surface area contributed by atoms with Crippen LogP contribution in [0.4, 0.5) is 0 Å². The molecule has 0 saturated carbocycles. The SMILES string of the molecule is CCNCc1cn[nH]c1S(=O)(=O)NCCC(C)(C)C. The maximum atomic E-state index is 12.2. The largest absolute Gasteiger partial charge is 0.313 e. The quantitative estimate of drug-likeness (QED) is 0.704. The first-order valence-corrected chi connectivity index (χ1v) is 7.97. The first kappa shape index (κ1) is 16.1. The Labute approximate surface area is 115 Å². The summed E-state index contributed by atoms with van der Waals surface area (Å²) in [6.07, 6.45) is 2.32. The molecular weight excluding hydrogens is 264 g/mol. The monoisotopic (exact) mass is 288 g/mol. The van der Waals surface area contributed by atoms with Crippen LogP contribution in [0.5, 0.6) is 0 Å². The summed E-state index contributed by atoms with van der Waals surface area (Å²) >= 11 is 0. The van der Waals surface area contributed by atoms with E-state index in [1.807, 2.05) is 6.92 Å². The average molecular weight is 288 g/mol. The summed E-state index contributed by atoms with van der Waals surface area (Å²) in [7, 11) is -3.51. The zero-order valence-corrected chi connectivity index (χ0v) is 12.9. The second-order valence-electron chi connectivity index (χ2n) is 5.71. The highest BCUT2D eigenvalue weighted by atomic mass is 32.2. The van der Waals surface area contributed by atoms with Gasteiger partial charge in [0.25, 0.3) is 10.0 Å². The number of hydrogen-bond acceptors (Lipinski definition) is 4. The smallest absolute Gasteiger partial charge is 0.257 e. The van der Waals surface area contributed by atoms with Crippen molar-refractivity contribution in [2.24, 2.45) is 5.41 Å². The van der Waals surface area contributed by atoms with Gasteiger partial charge in [-0.1, -0.05) is 27.7 Å². The van der Waals surface area contributed by atoms with E-state index in [1.54, 1.807) is 6.20 Å². The molecule has 0 atom stereocenters. The van der Waals surface area contributed by atoms with E-state index in [2.05, 4.69) is 41.0 Å². The predicted molar refractivity (Wildman–Crippen MR) is 75.2 cm³/mol. The van der Waals surface area contributed by atoms with Crippen molar-refractivity contribution in [1.82, 2.24) is 20.2 Å². The van der Waals surface area contributed by atoms with Crippen molar-refractivity contribution in [3.05, 3.63) is 11.8 Å². The Morgan fingerprint density at radius 1 is 1.37 bits per heavy atom. The Hall–Kier alpha value is -0.920. The van der Waals surface area contributed by atoms with Crippen LogP contribution in [0.3, 0.4) is 0 Å². The van der Waals surface area contributed by atoms with E-state index in [1.165, 1.54) is 0 Å². The summed E-state index contributed by atoms with van der Waals surface area (Å²) in [4.78, 5) is 0. The normalized spacial score (nSPS) is 12.8. The van der Waals surface area contributed by atoms with Gasteiger partial charge in [0.15, 0.2) is 5.03 Å². The lowest BCUT2D eigenvalue weighted by Crippen LogP contribution is -2.29. The van der Waals surface area contributed by atoms with E-state index >= 15 is 0 Å². The minimum absolute atomic E-state index is 0.100. The third-order valence-electron chi connectivity index (χ3n) is 2.68. The van der Waals surface area contributed by atoms with Gasteiger partial charge in [0, 0.05) is 18.7 Å². The van der Waals surface area contributed by atoms with Crippen molar-refractivity contribution in [2.75, 3.05) is 13.1 Å². The maximum absolute atomic E-state index is 12.2. The Balaban J connectivity index is 2.69. The molecule has 0 aromatic carbocycles. The van der Waals surface area contributed by atoms with Crippen LogP contribution in [0.15, 0.2) is 11.2 Å². The van der Waals surface area contributed by atoms with Crippen molar-refractivity contribution < 1.29 is 8.42 Å². The minimum atomic E-state index is -3.51. The minimum Gasteiger partial charge on any atom is -0.313 e. The summed E-state index contributed by atoms with van der Waals surface area (Å²) in [6, 6.07) is 0. The Morgan fingerprint density at radius 2 is 2.05 bits per heavy atom. The van der Waals surface area contributed by atoms with Gasteiger partial charge in [0.1, 0.15) is 0 Å². The van der Waals surface area contributed by atoms with E-state index < -0.39 is 10.0 Å². The highest BCUT2D eigenvalue weighted by Gasteiger charge is 2.21.